The standard InChI is InChI=1S/C26H21F5N6O3/c1-13-20(10-37-19-5-3-4-17(27)22(19)40-14(2)23(37)38)36-9-16(18(28)6-21(36)34-13)15-7-32-24(33-8-15)35-11-25(39,12-35)26(29,30)31/h3-9,14,39H,10-12H2,1-2H3/t14-/m0/s1. The van der Waals surface area contributed by atoms with Crippen molar-refractivity contribution >= 4 is 23.2 Å². The Balaban J connectivity index is 1.32. The number of aliphatic hydroxyl groups is 1. The zero-order valence-electron chi connectivity index (χ0n) is 21.1. The minimum atomic E-state index is -4.78. The summed E-state index contributed by atoms with van der Waals surface area (Å²) in [6.45, 7) is 1.80. The van der Waals surface area contributed by atoms with Crippen molar-refractivity contribution in [3.05, 3.63) is 65.9 Å². The number of carbonyl (C=O) groups is 1. The number of carbonyl (C=O) groups excluding carboxylic acids is 1. The monoisotopic (exact) mass is 560 g/mol. The number of hydrogen-bond acceptors (Lipinski definition) is 7. The third-order valence-electron chi connectivity index (χ3n) is 7.13. The summed E-state index contributed by atoms with van der Waals surface area (Å²) in [5, 5.41) is 9.66. The number of alkyl halides is 3. The van der Waals surface area contributed by atoms with Gasteiger partial charge in [0.25, 0.3) is 5.91 Å². The Hall–Kier alpha value is -4.33. The van der Waals surface area contributed by atoms with Gasteiger partial charge in [-0.1, -0.05) is 6.07 Å². The van der Waals surface area contributed by atoms with Gasteiger partial charge in [-0.15, -0.1) is 0 Å². The normalized spacial score (nSPS) is 18.5. The molecule has 2 aliphatic heterocycles. The van der Waals surface area contributed by atoms with Crippen LogP contribution in [0.1, 0.15) is 18.3 Å². The second-order valence-electron chi connectivity index (χ2n) is 9.84. The molecule has 0 bridgehead atoms. The number of anilines is 2. The first-order valence-electron chi connectivity index (χ1n) is 12.2. The Labute approximate surface area is 223 Å². The van der Waals surface area contributed by atoms with Crippen molar-refractivity contribution in [2.24, 2.45) is 0 Å². The lowest BCUT2D eigenvalue weighted by atomic mass is 9.94. The van der Waals surface area contributed by atoms with Gasteiger partial charge in [-0.2, -0.15) is 13.2 Å². The maximum absolute atomic E-state index is 15.1. The highest BCUT2D eigenvalue weighted by Gasteiger charge is 2.61. The average Bonchev–Trinajstić information content (AvgIpc) is 3.17. The van der Waals surface area contributed by atoms with E-state index in [-0.39, 0.29) is 46.6 Å². The summed E-state index contributed by atoms with van der Waals surface area (Å²) in [5.41, 5.74) is -0.912. The first kappa shape index (κ1) is 25.9. The summed E-state index contributed by atoms with van der Waals surface area (Å²) in [7, 11) is 0. The third-order valence-corrected chi connectivity index (χ3v) is 7.13. The topological polar surface area (TPSA) is 96.1 Å². The Morgan fingerprint density at radius 3 is 2.52 bits per heavy atom. The van der Waals surface area contributed by atoms with Gasteiger partial charge in [0.15, 0.2) is 23.3 Å². The molecular formula is C26H21F5N6O3. The summed E-state index contributed by atoms with van der Waals surface area (Å²) in [6.07, 6.45) is -1.69. The second kappa shape index (κ2) is 8.84. The molecule has 1 N–H and O–H groups in total. The molecule has 5 heterocycles. The SMILES string of the molecule is Cc1nc2cc(F)c(-c3cnc(N4CC(O)(C(F)(F)F)C4)nc3)cn2c1CN1C(=O)[C@H](C)Oc2c(F)cccc21. The van der Waals surface area contributed by atoms with E-state index in [1.807, 2.05) is 0 Å². The molecule has 1 saturated heterocycles. The maximum atomic E-state index is 15.1. The number of amides is 1. The number of aromatic nitrogens is 4. The van der Waals surface area contributed by atoms with Crippen molar-refractivity contribution < 1.29 is 36.6 Å². The number of β-amino-alcohol motifs (C(OH)–C–C–N with tert-alkyl or cyclic N) is 1. The van der Waals surface area contributed by atoms with Crippen LogP contribution in [0.2, 0.25) is 0 Å². The van der Waals surface area contributed by atoms with Crippen LogP contribution >= 0.6 is 0 Å². The fourth-order valence-corrected chi connectivity index (χ4v) is 4.87. The van der Waals surface area contributed by atoms with Gasteiger partial charge in [0, 0.05) is 35.8 Å². The highest BCUT2D eigenvalue weighted by Crippen LogP contribution is 2.40. The van der Waals surface area contributed by atoms with E-state index in [1.165, 1.54) is 48.6 Å². The highest BCUT2D eigenvalue weighted by molar-refractivity contribution is 5.99. The molecule has 1 fully saturated rings. The molecule has 40 heavy (non-hydrogen) atoms. The van der Waals surface area contributed by atoms with Gasteiger partial charge >= 0.3 is 6.18 Å². The molecule has 14 heteroatoms. The van der Waals surface area contributed by atoms with Crippen molar-refractivity contribution in [3.63, 3.8) is 0 Å². The van der Waals surface area contributed by atoms with E-state index in [4.69, 9.17) is 4.74 Å². The molecule has 0 spiro atoms. The van der Waals surface area contributed by atoms with E-state index in [0.717, 1.165) is 4.90 Å². The van der Waals surface area contributed by atoms with Crippen LogP contribution < -0.4 is 14.5 Å². The number of benzene rings is 1. The van der Waals surface area contributed by atoms with E-state index in [1.54, 1.807) is 17.4 Å². The van der Waals surface area contributed by atoms with Crippen molar-refractivity contribution in [2.75, 3.05) is 22.9 Å². The predicted octanol–water partition coefficient (Wildman–Crippen LogP) is 3.81. The summed E-state index contributed by atoms with van der Waals surface area (Å²) < 4.78 is 75.4. The van der Waals surface area contributed by atoms with Crippen LogP contribution in [-0.2, 0) is 11.3 Å². The van der Waals surface area contributed by atoms with Gasteiger partial charge in [0.2, 0.25) is 5.95 Å². The molecular weight excluding hydrogens is 539 g/mol. The Morgan fingerprint density at radius 1 is 1.15 bits per heavy atom. The van der Waals surface area contributed by atoms with Gasteiger partial charge < -0.3 is 19.1 Å². The maximum Gasteiger partial charge on any atom is 0.420 e. The number of nitrogens with zero attached hydrogens (tertiary/aromatic N) is 6. The zero-order chi connectivity index (χ0) is 28.6. The van der Waals surface area contributed by atoms with Crippen LogP contribution in [0.25, 0.3) is 16.8 Å². The predicted molar refractivity (Wildman–Crippen MR) is 132 cm³/mol. The molecule has 0 aliphatic carbocycles. The molecule has 208 valence electrons. The zero-order valence-corrected chi connectivity index (χ0v) is 21.1. The van der Waals surface area contributed by atoms with E-state index in [9.17, 15) is 27.5 Å². The summed E-state index contributed by atoms with van der Waals surface area (Å²) >= 11 is 0. The number of ether oxygens (including phenoxy) is 1. The minimum absolute atomic E-state index is 0.00638. The quantitative estimate of drug-likeness (QED) is 0.380. The Bertz CT molecular complexity index is 1650. The summed E-state index contributed by atoms with van der Waals surface area (Å²) in [6, 6.07) is 5.48. The van der Waals surface area contributed by atoms with Crippen LogP contribution in [0.4, 0.5) is 33.6 Å². The lowest BCUT2D eigenvalue weighted by molar-refractivity contribution is -0.267. The van der Waals surface area contributed by atoms with Gasteiger partial charge in [-0.05, 0) is 26.0 Å². The number of rotatable bonds is 4. The van der Waals surface area contributed by atoms with Crippen LogP contribution in [0.3, 0.4) is 0 Å². The first-order chi connectivity index (χ1) is 18.9. The fraction of sp³-hybridized carbons (Fsp3) is 0.308. The first-order valence-corrected chi connectivity index (χ1v) is 12.2. The number of pyridine rings is 1. The molecule has 1 atom stereocenters. The van der Waals surface area contributed by atoms with Gasteiger partial charge in [0.1, 0.15) is 11.5 Å². The largest absolute Gasteiger partial charge is 0.476 e. The van der Waals surface area contributed by atoms with Crippen LogP contribution in [0, 0.1) is 18.6 Å². The van der Waals surface area contributed by atoms with Crippen molar-refractivity contribution in [3.8, 4) is 16.9 Å². The lowest BCUT2D eigenvalue weighted by Crippen LogP contribution is -2.69. The van der Waals surface area contributed by atoms with Crippen LogP contribution in [0.5, 0.6) is 5.75 Å². The van der Waals surface area contributed by atoms with Crippen molar-refractivity contribution in [1.82, 2.24) is 19.4 Å². The number of hydrogen-bond donors (Lipinski definition) is 1. The molecule has 0 saturated carbocycles. The molecule has 2 aliphatic rings. The average molecular weight is 560 g/mol. The molecule has 9 nitrogen and oxygen atoms in total. The molecule has 1 aromatic carbocycles. The number of fused-ring (bicyclic) bond motifs is 2. The van der Waals surface area contributed by atoms with Gasteiger partial charge in [-0.25, -0.2) is 23.7 Å². The highest BCUT2D eigenvalue weighted by atomic mass is 19.4. The molecule has 3 aromatic heterocycles. The molecule has 6 rings (SSSR count). The Morgan fingerprint density at radius 2 is 1.85 bits per heavy atom. The smallest absolute Gasteiger partial charge is 0.420 e. The lowest BCUT2D eigenvalue weighted by Gasteiger charge is -2.46. The Kier molecular flexibility index (Phi) is 5.73. The number of halogens is 5. The fourth-order valence-electron chi connectivity index (χ4n) is 4.87. The van der Waals surface area contributed by atoms with E-state index >= 15 is 4.39 Å². The van der Waals surface area contributed by atoms with Gasteiger partial charge in [-0.3, -0.25) is 9.69 Å². The molecule has 1 amide bonds. The summed E-state index contributed by atoms with van der Waals surface area (Å²) in [4.78, 5) is 28.1. The van der Waals surface area contributed by atoms with Crippen molar-refractivity contribution in [1.29, 1.82) is 0 Å². The molecule has 0 unspecified atom stereocenters. The number of para-hydroxylation sites is 1. The number of imidazole rings is 1. The van der Waals surface area contributed by atoms with Gasteiger partial charge in [0.05, 0.1) is 36.7 Å². The number of aryl methyl sites for hydroxylation is 1. The summed E-state index contributed by atoms with van der Waals surface area (Å²) in [5.74, 6) is -1.71. The molecule has 4 aromatic rings. The van der Waals surface area contributed by atoms with E-state index < -0.39 is 42.6 Å². The molecule has 0 radical (unpaired) electrons. The van der Waals surface area contributed by atoms with Crippen LogP contribution in [-0.4, -0.2) is 61.3 Å². The van der Waals surface area contributed by atoms with E-state index in [0.29, 0.717) is 11.4 Å². The van der Waals surface area contributed by atoms with Crippen LogP contribution in [0.15, 0.2) is 42.9 Å². The van der Waals surface area contributed by atoms with Crippen molar-refractivity contribution in [2.45, 2.75) is 38.3 Å². The second-order valence-corrected chi connectivity index (χ2v) is 9.84. The third kappa shape index (κ3) is 4.01. The minimum Gasteiger partial charge on any atom is -0.476 e. The van der Waals surface area contributed by atoms with E-state index in [2.05, 4.69) is 15.0 Å².